The van der Waals surface area contributed by atoms with Crippen LogP contribution in [0.4, 0.5) is 0 Å². The van der Waals surface area contributed by atoms with E-state index in [2.05, 4.69) is 4.98 Å². The minimum absolute atomic E-state index is 0.0585. The van der Waals surface area contributed by atoms with Gasteiger partial charge in [-0.2, -0.15) is 0 Å². The Morgan fingerprint density at radius 1 is 1.21 bits per heavy atom. The lowest BCUT2D eigenvalue weighted by Gasteiger charge is -2.29. The van der Waals surface area contributed by atoms with Crippen molar-refractivity contribution in [2.24, 2.45) is 5.73 Å². The van der Waals surface area contributed by atoms with Gasteiger partial charge in [0.1, 0.15) is 11.3 Å². The summed E-state index contributed by atoms with van der Waals surface area (Å²) < 4.78 is 11.0. The van der Waals surface area contributed by atoms with Crippen LogP contribution in [-0.2, 0) is 9.53 Å². The summed E-state index contributed by atoms with van der Waals surface area (Å²) in [6.07, 6.45) is 0. The van der Waals surface area contributed by atoms with Gasteiger partial charge in [-0.05, 0) is 30.7 Å². The van der Waals surface area contributed by atoms with E-state index in [0.717, 1.165) is 0 Å². The van der Waals surface area contributed by atoms with Crippen molar-refractivity contribution in [3.63, 3.8) is 0 Å². The largest absolute Gasteiger partial charge is 0.462 e. The van der Waals surface area contributed by atoms with Crippen molar-refractivity contribution in [2.45, 2.75) is 12.8 Å². The molecule has 0 saturated heterocycles. The molecule has 7 heteroatoms. The van der Waals surface area contributed by atoms with Crippen molar-refractivity contribution >= 4 is 28.5 Å². The number of fused-ring (bicyclic) bond motifs is 3. The van der Waals surface area contributed by atoms with Crippen molar-refractivity contribution < 1.29 is 14.3 Å². The van der Waals surface area contributed by atoms with E-state index in [1.807, 2.05) is 18.2 Å². The van der Waals surface area contributed by atoms with Gasteiger partial charge in [0.25, 0.3) is 5.56 Å². The number of esters is 1. The van der Waals surface area contributed by atoms with E-state index in [1.165, 1.54) is 0 Å². The number of ether oxygens (including phenoxy) is 2. The molecule has 1 aliphatic rings. The minimum Gasteiger partial charge on any atom is -0.462 e. The number of H-pyrrole nitrogens is 1. The fraction of sp³-hybridized carbons (Fsp3) is 0.143. The fourth-order valence-corrected chi connectivity index (χ4v) is 3.74. The molecular formula is C21H17ClN2O4. The number of nitrogens with one attached hydrogen (secondary N) is 1. The van der Waals surface area contributed by atoms with Crippen LogP contribution in [0.25, 0.3) is 10.9 Å². The van der Waals surface area contributed by atoms with Gasteiger partial charge in [-0.15, -0.1) is 0 Å². The van der Waals surface area contributed by atoms with Crippen molar-refractivity contribution in [3.05, 3.63) is 86.5 Å². The summed E-state index contributed by atoms with van der Waals surface area (Å²) in [5, 5.41) is 1.09. The highest BCUT2D eigenvalue weighted by molar-refractivity contribution is 6.31. The molecule has 0 spiro atoms. The lowest BCUT2D eigenvalue weighted by Crippen LogP contribution is -2.32. The zero-order chi connectivity index (χ0) is 19.8. The number of nitrogens with two attached hydrogens (primary N) is 1. The summed E-state index contributed by atoms with van der Waals surface area (Å²) in [4.78, 5) is 28.6. The Kier molecular flexibility index (Phi) is 4.57. The summed E-state index contributed by atoms with van der Waals surface area (Å²) in [5.74, 6) is -1.26. The van der Waals surface area contributed by atoms with Gasteiger partial charge in [0.15, 0.2) is 0 Å². The second kappa shape index (κ2) is 7.05. The van der Waals surface area contributed by atoms with E-state index in [0.29, 0.717) is 27.2 Å². The number of pyridine rings is 1. The molecule has 2 aromatic carbocycles. The van der Waals surface area contributed by atoms with Crippen molar-refractivity contribution in [1.82, 2.24) is 4.98 Å². The molecule has 1 unspecified atom stereocenters. The summed E-state index contributed by atoms with van der Waals surface area (Å²) >= 11 is 6.42. The number of hydrogen-bond donors (Lipinski definition) is 2. The molecule has 0 fully saturated rings. The van der Waals surface area contributed by atoms with Crippen LogP contribution >= 0.6 is 11.6 Å². The summed E-state index contributed by atoms with van der Waals surface area (Å²) in [6.45, 7) is 1.85. The van der Waals surface area contributed by atoms with Crippen molar-refractivity contribution in [2.75, 3.05) is 6.61 Å². The highest BCUT2D eigenvalue weighted by atomic mass is 35.5. The topological polar surface area (TPSA) is 94.4 Å². The minimum atomic E-state index is -0.815. The molecule has 2 heterocycles. The SMILES string of the molecule is CCOC(=O)C1=C(N)Oc2c(c(=O)[nH]c3ccccc23)C1c1ccccc1Cl. The number of halogens is 1. The average molecular weight is 397 g/mol. The molecule has 1 aromatic heterocycles. The Morgan fingerprint density at radius 3 is 2.68 bits per heavy atom. The Labute approximate surface area is 165 Å². The normalized spacial score (nSPS) is 15.9. The third-order valence-corrected chi connectivity index (χ3v) is 5.02. The van der Waals surface area contributed by atoms with E-state index in [9.17, 15) is 9.59 Å². The molecule has 28 heavy (non-hydrogen) atoms. The van der Waals surface area contributed by atoms with E-state index in [4.69, 9.17) is 26.8 Å². The highest BCUT2D eigenvalue weighted by Crippen LogP contribution is 2.45. The predicted octanol–water partition coefficient (Wildman–Crippen LogP) is 3.44. The number of hydrogen-bond acceptors (Lipinski definition) is 5. The molecule has 1 atom stereocenters. The van der Waals surface area contributed by atoms with Crippen LogP contribution in [0.5, 0.6) is 5.75 Å². The van der Waals surface area contributed by atoms with Gasteiger partial charge in [-0.25, -0.2) is 4.79 Å². The number of rotatable bonds is 3. The van der Waals surface area contributed by atoms with Gasteiger partial charge in [0.2, 0.25) is 5.88 Å². The molecule has 3 N–H and O–H groups in total. The lowest BCUT2D eigenvalue weighted by atomic mass is 9.83. The number of carbonyl (C=O) groups excluding carboxylic acids is 1. The van der Waals surface area contributed by atoms with E-state index in [1.54, 1.807) is 37.3 Å². The number of benzene rings is 2. The molecule has 0 amide bonds. The van der Waals surface area contributed by atoms with Crippen molar-refractivity contribution in [3.8, 4) is 5.75 Å². The Morgan fingerprint density at radius 2 is 1.93 bits per heavy atom. The zero-order valence-corrected chi connectivity index (χ0v) is 15.7. The van der Waals surface area contributed by atoms with Crippen LogP contribution in [0.3, 0.4) is 0 Å². The first kappa shape index (κ1) is 18.1. The molecule has 142 valence electrons. The molecule has 6 nitrogen and oxygen atoms in total. The summed E-state index contributed by atoms with van der Waals surface area (Å²) in [7, 11) is 0. The van der Waals surface area contributed by atoms with Crippen LogP contribution in [0.2, 0.25) is 5.02 Å². The van der Waals surface area contributed by atoms with Crippen LogP contribution in [0, 0.1) is 0 Å². The molecule has 4 rings (SSSR count). The molecule has 1 aliphatic heterocycles. The van der Waals surface area contributed by atoms with Gasteiger partial charge < -0.3 is 20.2 Å². The molecule has 0 saturated carbocycles. The first-order valence-corrected chi connectivity index (χ1v) is 9.14. The first-order chi connectivity index (χ1) is 13.5. The monoisotopic (exact) mass is 396 g/mol. The van der Waals surface area contributed by atoms with E-state index >= 15 is 0 Å². The molecule has 0 radical (unpaired) electrons. The second-order valence-electron chi connectivity index (χ2n) is 6.30. The maximum atomic E-state index is 13.0. The van der Waals surface area contributed by atoms with Crippen LogP contribution < -0.4 is 16.0 Å². The van der Waals surface area contributed by atoms with Gasteiger partial charge in [-0.1, -0.05) is 41.9 Å². The Hall–Kier alpha value is -3.25. The standard InChI is InChI=1S/C21H17ClN2O4/c1-2-27-21(26)17-15(11-7-3-5-9-13(11)22)16-18(28-19(17)23)12-8-4-6-10-14(12)24-20(16)25/h3-10,15H,2,23H2,1H3,(H,24,25). The van der Waals surface area contributed by atoms with Crippen LogP contribution in [-0.4, -0.2) is 17.6 Å². The third-order valence-electron chi connectivity index (χ3n) is 4.68. The number of para-hydroxylation sites is 1. The molecular weight excluding hydrogens is 380 g/mol. The van der Waals surface area contributed by atoms with Crippen LogP contribution in [0.1, 0.15) is 24.0 Å². The first-order valence-electron chi connectivity index (χ1n) is 8.76. The van der Waals surface area contributed by atoms with Crippen molar-refractivity contribution in [1.29, 1.82) is 0 Å². The number of aromatic amines is 1. The molecule has 0 bridgehead atoms. The lowest BCUT2D eigenvalue weighted by molar-refractivity contribution is -0.139. The second-order valence-corrected chi connectivity index (χ2v) is 6.70. The van der Waals surface area contributed by atoms with E-state index < -0.39 is 11.9 Å². The predicted molar refractivity (Wildman–Crippen MR) is 106 cm³/mol. The number of aromatic nitrogens is 1. The Bertz CT molecular complexity index is 1180. The van der Waals surface area contributed by atoms with Gasteiger partial charge >= 0.3 is 5.97 Å². The van der Waals surface area contributed by atoms with Gasteiger partial charge in [-0.3, -0.25) is 4.79 Å². The molecule has 0 aliphatic carbocycles. The van der Waals surface area contributed by atoms with Gasteiger partial charge in [0, 0.05) is 10.4 Å². The quantitative estimate of drug-likeness (QED) is 0.661. The summed E-state index contributed by atoms with van der Waals surface area (Å²) in [5.41, 5.74) is 7.27. The zero-order valence-electron chi connectivity index (χ0n) is 15.0. The number of carbonyl (C=O) groups is 1. The average Bonchev–Trinajstić information content (AvgIpc) is 2.67. The third kappa shape index (κ3) is 2.82. The maximum Gasteiger partial charge on any atom is 0.340 e. The Balaban J connectivity index is 2.07. The van der Waals surface area contributed by atoms with Gasteiger partial charge in [0.05, 0.1) is 23.6 Å². The summed E-state index contributed by atoms with van der Waals surface area (Å²) in [6, 6.07) is 14.2. The van der Waals surface area contributed by atoms with Crippen LogP contribution in [0.15, 0.2) is 64.8 Å². The fourth-order valence-electron chi connectivity index (χ4n) is 3.50. The highest BCUT2D eigenvalue weighted by Gasteiger charge is 2.39. The van der Waals surface area contributed by atoms with E-state index in [-0.39, 0.29) is 29.2 Å². The smallest absolute Gasteiger partial charge is 0.340 e. The molecule has 3 aromatic rings. The maximum absolute atomic E-state index is 13.0.